The van der Waals surface area contributed by atoms with Crippen LogP contribution in [0.2, 0.25) is 0 Å². The molecule has 1 heterocycles. The second-order valence-corrected chi connectivity index (χ2v) is 6.02. The summed E-state index contributed by atoms with van der Waals surface area (Å²) in [5.74, 6) is 0.439. The molecule has 2 rings (SSSR count). The summed E-state index contributed by atoms with van der Waals surface area (Å²) in [6.45, 7) is 7.73. The molecule has 23 heavy (non-hydrogen) atoms. The summed E-state index contributed by atoms with van der Waals surface area (Å²) in [5.41, 5.74) is 2.85. The van der Waals surface area contributed by atoms with Crippen LogP contribution < -0.4 is 10.6 Å². The van der Waals surface area contributed by atoms with Crippen molar-refractivity contribution in [2.45, 2.75) is 46.2 Å². The predicted octanol–water partition coefficient (Wildman–Crippen LogP) is 2.64. The lowest BCUT2D eigenvalue weighted by Crippen LogP contribution is -2.44. The third kappa shape index (κ3) is 5.36. The fraction of sp³-hybridized carbons (Fsp3) is 0.389. The number of benzene rings is 1. The molecular formula is C18H24N4O. The van der Waals surface area contributed by atoms with Gasteiger partial charge >= 0.3 is 0 Å². The quantitative estimate of drug-likeness (QED) is 0.860. The lowest BCUT2D eigenvalue weighted by Gasteiger charge is -2.20. The van der Waals surface area contributed by atoms with Crippen molar-refractivity contribution in [3.05, 3.63) is 53.3 Å². The zero-order valence-electron chi connectivity index (χ0n) is 14.1. The van der Waals surface area contributed by atoms with Crippen LogP contribution in [0.3, 0.4) is 0 Å². The smallest absolute Gasteiger partial charge is 0.243 e. The van der Waals surface area contributed by atoms with Gasteiger partial charge in [0.05, 0.1) is 0 Å². The zero-order chi connectivity index (χ0) is 16.8. The van der Waals surface area contributed by atoms with E-state index in [2.05, 4.69) is 20.6 Å². The third-order valence-electron chi connectivity index (χ3n) is 3.32. The molecule has 5 heteroatoms. The van der Waals surface area contributed by atoms with Gasteiger partial charge < -0.3 is 10.6 Å². The Bertz CT molecular complexity index is 635. The minimum Gasteiger partial charge on any atom is -0.352 e. The van der Waals surface area contributed by atoms with E-state index in [1.54, 1.807) is 0 Å². The number of nitrogens with one attached hydrogen (secondary N) is 2. The van der Waals surface area contributed by atoms with Crippen LogP contribution in [0.25, 0.3) is 0 Å². The fourth-order valence-electron chi connectivity index (χ4n) is 2.39. The van der Waals surface area contributed by atoms with E-state index in [9.17, 15) is 4.79 Å². The van der Waals surface area contributed by atoms with Crippen molar-refractivity contribution in [3.8, 4) is 0 Å². The van der Waals surface area contributed by atoms with Crippen LogP contribution in [-0.2, 0) is 11.2 Å². The molecule has 0 unspecified atom stereocenters. The Balaban J connectivity index is 2.20. The van der Waals surface area contributed by atoms with E-state index in [-0.39, 0.29) is 11.9 Å². The van der Waals surface area contributed by atoms with Crippen LogP contribution in [0.1, 0.15) is 30.8 Å². The Hall–Kier alpha value is -2.43. The largest absolute Gasteiger partial charge is 0.352 e. The molecule has 1 atom stereocenters. The van der Waals surface area contributed by atoms with E-state index < -0.39 is 6.04 Å². The number of carbonyl (C=O) groups is 1. The second kappa shape index (κ2) is 7.72. The number of carbonyl (C=O) groups excluding carboxylic acids is 1. The van der Waals surface area contributed by atoms with Crippen molar-refractivity contribution in [1.29, 1.82) is 0 Å². The van der Waals surface area contributed by atoms with Crippen molar-refractivity contribution >= 4 is 11.9 Å². The van der Waals surface area contributed by atoms with Gasteiger partial charge in [0.2, 0.25) is 11.9 Å². The average molecular weight is 312 g/mol. The van der Waals surface area contributed by atoms with Gasteiger partial charge in [0, 0.05) is 23.9 Å². The monoisotopic (exact) mass is 312 g/mol. The summed E-state index contributed by atoms with van der Waals surface area (Å²) < 4.78 is 0. The molecule has 5 nitrogen and oxygen atoms in total. The molecule has 1 aromatic carbocycles. The van der Waals surface area contributed by atoms with Gasteiger partial charge in [-0.25, -0.2) is 9.97 Å². The summed E-state index contributed by atoms with van der Waals surface area (Å²) in [6, 6.07) is 11.5. The van der Waals surface area contributed by atoms with Crippen LogP contribution in [0.5, 0.6) is 0 Å². The van der Waals surface area contributed by atoms with Gasteiger partial charge in [-0.2, -0.15) is 0 Å². The number of nitrogens with zero attached hydrogens (tertiary/aromatic N) is 2. The Morgan fingerprint density at radius 1 is 1.09 bits per heavy atom. The van der Waals surface area contributed by atoms with Crippen LogP contribution in [0, 0.1) is 13.8 Å². The highest BCUT2D eigenvalue weighted by Crippen LogP contribution is 2.10. The predicted molar refractivity (Wildman–Crippen MR) is 92.3 cm³/mol. The second-order valence-electron chi connectivity index (χ2n) is 6.02. The number of hydrogen-bond acceptors (Lipinski definition) is 4. The van der Waals surface area contributed by atoms with E-state index in [1.807, 2.05) is 64.1 Å². The molecule has 0 saturated carbocycles. The Labute approximate surface area is 137 Å². The first-order chi connectivity index (χ1) is 10.9. The molecule has 122 valence electrons. The van der Waals surface area contributed by atoms with Crippen LogP contribution >= 0.6 is 0 Å². The summed E-state index contributed by atoms with van der Waals surface area (Å²) >= 11 is 0. The van der Waals surface area contributed by atoms with Gasteiger partial charge in [-0.05, 0) is 39.3 Å². The fourth-order valence-corrected chi connectivity index (χ4v) is 2.39. The Kier molecular flexibility index (Phi) is 5.68. The van der Waals surface area contributed by atoms with Crippen molar-refractivity contribution in [2.24, 2.45) is 0 Å². The molecular weight excluding hydrogens is 288 g/mol. The lowest BCUT2D eigenvalue weighted by molar-refractivity contribution is -0.122. The van der Waals surface area contributed by atoms with Crippen LogP contribution in [0.4, 0.5) is 5.95 Å². The molecule has 0 aliphatic rings. The Morgan fingerprint density at radius 3 is 2.26 bits per heavy atom. The molecule has 1 amide bonds. The normalized spacial score (nSPS) is 12.0. The molecule has 2 aromatic rings. The molecule has 1 aromatic heterocycles. The maximum Gasteiger partial charge on any atom is 0.243 e. The number of aryl methyl sites for hydroxylation is 2. The highest BCUT2D eigenvalue weighted by Gasteiger charge is 2.20. The van der Waals surface area contributed by atoms with Crippen molar-refractivity contribution in [1.82, 2.24) is 15.3 Å². The molecule has 0 spiro atoms. The van der Waals surface area contributed by atoms with Crippen LogP contribution in [-0.4, -0.2) is 28.0 Å². The van der Waals surface area contributed by atoms with E-state index in [0.717, 1.165) is 17.0 Å². The molecule has 0 fully saturated rings. The molecule has 0 saturated heterocycles. The summed E-state index contributed by atoms with van der Waals surface area (Å²) in [6.07, 6.45) is 0.579. The van der Waals surface area contributed by atoms with Crippen molar-refractivity contribution in [3.63, 3.8) is 0 Å². The first-order valence-electron chi connectivity index (χ1n) is 7.87. The molecule has 2 N–H and O–H groups in total. The topological polar surface area (TPSA) is 66.9 Å². The van der Waals surface area contributed by atoms with Gasteiger partial charge in [-0.1, -0.05) is 30.3 Å². The van der Waals surface area contributed by atoms with E-state index in [0.29, 0.717) is 12.4 Å². The minimum absolute atomic E-state index is 0.0494. The highest BCUT2D eigenvalue weighted by atomic mass is 16.2. The van der Waals surface area contributed by atoms with Crippen LogP contribution in [0.15, 0.2) is 36.4 Å². The first kappa shape index (κ1) is 16.9. The Morgan fingerprint density at radius 2 is 1.70 bits per heavy atom. The lowest BCUT2D eigenvalue weighted by atomic mass is 10.1. The third-order valence-corrected chi connectivity index (χ3v) is 3.32. The van der Waals surface area contributed by atoms with Gasteiger partial charge in [0.25, 0.3) is 0 Å². The summed E-state index contributed by atoms with van der Waals surface area (Å²) in [7, 11) is 0. The number of rotatable bonds is 6. The van der Waals surface area contributed by atoms with Crippen molar-refractivity contribution in [2.75, 3.05) is 5.32 Å². The summed E-state index contributed by atoms with van der Waals surface area (Å²) in [4.78, 5) is 21.3. The maximum absolute atomic E-state index is 12.5. The molecule has 0 aliphatic carbocycles. The molecule has 0 bridgehead atoms. The SMILES string of the molecule is Cc1cc(C)nc(N[C@@H](Cc2ccccc2)C(=O)NC(C)C)n1. The van der Waals surface area contributed by atoms with Gasteiger partial charge in [0.1, 0.15) is 6.04 Å². The summed E-state index contributed by atoms with van der Waals surface area (Å²) in [5, 5.41) is 6.14. The zero-order valence-corrected chi connectivity index (χ0v) is 14.1. The van der Waals surface area contributed by atoms with Gasteiger partial charge in [0.15, 0.2) is 0 Å². The van der Waals surface area contributed by atoms with E-state index in [4.69, 9.17) is 0 Å². The number of anilines is 1. The maximum atomic E-state index is 12.5. The van der Waals surface area contributed by atoms with Gasteiger partial charge in [-0.15, -0.1) is 0 Å². The number of amides is 1. The minimum atomic E-state index is -0.416. The van der Waals surface area contributed by atoms with E-state index in [1.165, 1.54) is 0 Å². The first-order valence-corrected chi connectivity index (χ1v) is 7.87. The standard InChI is InChI=1S/C18H24N4O/c1-12(2)19-17(23)16(11-15-8-6-5-7-9-15)22-18-20-13(3)10-14(4)21-18/h5-10,12,16H,11H2,1-4H3,(H,19,23)(H,20,21,22)/t16-/m0/s1. The molecule has 0 radical (unpaired) electrons. The van der Waals surface area contributed by atoms with E-state index >= 15 is 0 Å². The van der Waals surface area contributed by atoms with Gasteiger partial charge in [-0.3, -0.25) is 4.79 Å². The molecule has 0 aliphatic heterocycles. The highest BCUT2D eigenvalue weighted by molar-refractivity contribution is 5.84. The number of aromatic nitrogens is 2. The van der Waals surface area contributed by atoms with Crippen molar-refractivity contribution < 1.29 is 4.79 Å². The average Bonchev–Trinajstić information content (AvgIpc) is 2.46. The number of hydrogen-bond donors (Lipinski definition) is 2.